The van der Waals surface area contributed by atoms with Crippen LogP contribution in [-0.2, 0) is 0 Å². The maximum Gasteiger partial charge on any atom is 0.282 e. The van der Waals surface area contributed by atoms with Gasteiger partial charge in [-0.3, -0.25) is 0 Å². The third-order valence-electron chi connectivity index (χ3n) is 4.36. The summed E-state index contributed by atoms with van der Waals surface area (Å²) < 4.78 is 31.8. The molecule has 0 amide bonds. The molecule has 0 aliphatic carbocycles. The number of rotatable bonds is 1. The molecule has 1 aromatic rings. The van der Waals surface area contributed by atoms with Gasteiger partial charge in [-0.2, -0.15) is 0 Å². The molecule has 4 heterocycles. The zero-order chi connectivity index (χ0) is 14.4. The van der Waals surface area contributed by atoms with E-state index in [1.165, 1.54) is 0 Å². The molecule has 114 valence electrons. The van der Waals surface area contributed by atoms with Gasteiger partial charge < -0.3 is 19.9 Å². The lowest BCUT2D eigenvalue weighted by Crippen LogP contribution is -2.56. The third kappa shape index (κ3) is 2.29. The number of hydrogen-bond acceptors (Lipinski definition) is 5. The van der Waals surface area contributed by atoms with Crippen LogP contribution in [0, 0.1) is 0 Å². The standard InChI is InChI=1S/C14H18F2N4O/c15-14(16)8-19(9-14)11-5-12-13(18-7-11)20-3-2-17-6-10(20)1-4-21-12/h5,7,10,17H,1-4,6,8-9H2/t10-/m1/s1. The number of ether oxygens (including phenoxy) is 1. The second kappa shape index (κ2) is 4.69. The smallest absolute Gasteiger partial charge is 0.282 e. The van der Waals surface area contributed by atoms with Crippen molar-refractivity contribution in [2.24, 2.45) is 0 Å². The van der Waals surface area contributed by atoms with Crippen LogP contribution in [0.1, 0.15) is 6.42 Å². The Labute approximate surface area is 121 Å². The summed E-state index contributed by atoms with van der Waals surface area (Å²) in [5.41, 5.74) is 0.716. The second-order valence-electron chi connectivity index (χ2n) is 5.92. The summed E-state index contributed by atoms with van der Waals surface area (Å²) in [5.74, 6) is -1.01. The zero-order valence-corrected chi connectivity index (χ0v) is 11.7. The summed E-state index contributed by atoms with van der Waals surface area (Å²) in [7, 11) is 0. The Hall–Kier alpha value is -1.63. The molecule has 1 N–H and O–H groups in total. The molecule has 0 bridgehead atoms. The quantitative estimate of drug-likeness (QED) is 0.840. The van der Waals surface area contributed by atoms with Crippen molar-refractivity contribution in [3.63, 3.8) is 0 Å². The Morgan fingerprint density at radius 2 is 2.24 bits per heavy atom. The van der Waals surface area contributed by atoms with Crippen LogP contribution in [0.5, 0.6) is 5.75 Å². The van der Waals surface area contributed by atoms with E-state index in [0.29, 0.717) is 24.1 Å². The predicted octanol–water partition coefficient (Wildman–Crippen LogP) is 1.10. The Balaban J connectivity index is 1.61. The van der Waals surface area contributed by atoms with Gasteiger partial charge in [0, 0.05) is 38.2 Å². The highest BCUT2D eigenvalue weighted by atomic mass is 19.3. The van der Waals surface area contributed by atoms with Crippen LogP contribution >= 0.6 is 0 Å². The van der Waals surface area contributed by atoms with Crippen molar-refractivity contribution in [1.82, 2.24) is 10.3 Å². The normalized spacial score (nSPS) is 27.0. The number of alkyl halides is 2. The third-order valence-corrected chi connectivity index (χ3v) is 4.36. The number of halogens is 2. The van der Waals surface area contributed by atoms with Crippen LogP contribution in [0.4, 0.5) is 20.3 Å². The van der Waals surface area contributed by atoms with Crippen molar-refractivity contribution in [2.75, 3.05) is 49.1 Å². The van der Waals surface area contributed by atoms with E-state index >= 15 is 0 Å². The van der Waals surface area contributed by atoms with Crippen LogP contribution in [0.2, 0.25) is 0 Å². The van der Waals surface area contributed by atoms with Crippen LogP contribution in [-0.4, -0.2) is 56.3 Å². The van der Waals surface area contributed by atoms with Crippen LogP contribution in [0.15, 0.2) is 12.3 Å². The van der Waals surface area contributed by atoms with E-state index < -0.39 is 5.92 Å². The summed E-state index contributed by atoms with van der Waals surface area (Å²) in [4.78, 5) is 8.41. The first kappa shape index (κ1) is 13.1. The summed E-state index contributed by atoms with van der Waals surface area (Å²) in [6.07, 6.45) is 2.63. The Morgan fingerprint density at radius 1 is 1.38 bits per heavy atom. The minimum absolute atomic E-state index is 0.232. The number of hydrogen-bond donors (Lipinski definition) is 1. The number of nitrogens with zero attached hydrogens (tertiary/aromatic N) is 3. The Kier molecular flexibility index (Phi) is 2.92. The van der Waals surface area contributed by atoms with Gasteiger partial charge in [-0.15, -0.1) is 0 Å². The first-order valence-electron chi connectivity index (χ1n) is 7.35. The van der Waals surface area contributed by atoms with Crippen molar-refractivity contribution in [1.29, 1.82) is 0 Å². The molecule has 0 aromatic carbocycles. The first-order chi connectivity index (χ1) is 10.1. The molecule has 0 saturated carbocycles. The molecule has 4 rings (SSSR count). The topological polar surface area (TPSA) is 40.6 Å². The number of fused-ring (bicyclic) bond motifs is 3. The van der Waals surface area contributed by atoms with Crippen molar-refractivity contribution in [2.45, 2.75) is 18.4 Å². The van der Waals surface area contributed by atoms with E-state index in [0.717, 1.165) is 31.9 Å². The molecular formula is C14H18F2N4O. The lowest BCUT2D eigenvalue weighted by Gasteiger charge is -2.40. The summed E-state index contributed by atoms with van der Waals surface area (Å²) in [5, 5.41) is 3.38. The highest BCUT2D eigenvalue weighted by Gasteiger charge is 2.44. The van der Waals surface area contributed by atoms with Gasteiger partial charge in [-0.1, -0.05) is 0 Å². The summed E-state index contributed by atoms with van der Waals surface area (Å²) >= 11 is 0. The zero-order valence-electron chi connectivity index (χ0n) is 11.7. The lowest BCUT2D eigenvalue weighted by atomic mass is 10.1. The molecule has 1 aromatic heterocycles. The SMILES string of the molecule is FC1(F)CN(c2cnc3c(c2)OCC[C@@H]2CNCCN32)C1. The van der Waals surface area contributed by atoms with E-state index in [-0.39, 0.29) is 13.1 Å². The second-order valence-corrected chi connectivity index (χ2v) is 5.92. The van der Waals surface area contributed by atoms with E-state index in [4.69, 9.17) is 4.74 Å². The summed E-state index contributed by atoms with van der Waals surface area (Å²) in [6.45, 7) is 2.93. The minimum atomic E-state index is -2.57. The molecule has 1 atom stereocenters. The van der Waals surface area contributed by atoms with Gasteiger partial charge in [0.2, 0.25) is 0 Å². The average Bonchev–Trinajstić information content (AvgIpc) is 2.63. The molecular weight excluding hydrogens is 278 g/mol. The van der Waals surface area contributed by atoms with Gasteiger partial charge in [-0.05, 0) is 0 Å². The van der Waals surface area contributed by atoms with Crippen molar-refractivity contribution in [3.8, 4) is 5.75 Å². The number of piperazine rings is 1. The van der Waals surface area contributed by atoms with Crippen molar-refractivity contribution in [3.05, 3.63) is 12.3 Å². The van der Waals surface area contributed by atoms with E-state index in [1.807, 2.05) is 6.07 Å². The number of nitrogens with one attached hydrogen (secondary N) is 1. The fourth-order valence-electron chi connectivity index (χ4n) is 3.22. The average molecular weight is 296 g/mol. The van der Waals surface area contributed by atoms with Crippen molar-refractivity contribution >= 4 is 11.5 Å². The molecule has 2 fully saturated rings. The molecule has 2 saturated heterocycles. The van der Waals surface area contributed by atoms with Crippen LogP contribution in [0.3, 0.4) is 0 Å². The molecule has 3 aliphatic heterocycles. The molecule has 0 radical (unpaired) electrons. The lowest BCUT2D eigenvalue weighted by molar-refractivity contribution is -0.0263. The first-order valence-corrected chi connectivity index (χ1v) is 7.35. The molecule has 7 heteroatoms. The monoisotopic (exact) mass is 296 g/mol. The van der Waals surface area contributed by atoms with Gasteiger partial charge in [0.25, 0.3) is 5.92 Å². The largest absolute Gasteiger partial charge is 0.490 e. The van der Waals surface area contributed by atoms with E-state index in [1.54, 1.807) is 11.1 Å². The number of aromatic nitrogens is 1. The molecule has 0 unspecified atom stereocenters. The Bertz CT molecular complexity index is 546. The minimum Gasteiger partial charge on any atom is -0.490 e. The summed E-state index contributed by atoms with van der Waals surface area (Å²) in [6, 6.07) is 2.24. The predicted molar refractivity (Wildman–Crippen MR) is 75.5 cm³/mol. The number of pyridine rings is 1. The van der Waals surface area contributed by atoms with Gasteiger partial charge in [0.05, 0.1) is 31.6 Å². The molecule has 21 heavy (non-hydrogen) atoms. The fraction of sp³-hybridized carbons (Fsp3) is 0.643. The van der Waals surface area contributed by atoms with Gasteiger partial charge in [0.1, 0.15) is 0 Å². The Morgan fingerprint density at radius 3 is 3.05 bits per heavy atom. The molecule has 0 spiro atoms. The van der Waals surface area contributed by atoms with Gasteiger partial charge in [-0.25, -0.2) is 13.8 Å². The maximum atomic E-state index is 13.0. The van der Waals surface area contributed by atoms with Crippen LogP contribution < -0.4 is 19.9 Å². The highest BCUT2D eigenvalue weighted by Crippen LogP contribution is 2.38. The van der Waals surface area contributed by atoms with E-state index in [9.17, 15) is 8.78 Å². The van der Waals surface area contributed by atoms with Gasteiger partial charge in [0.15, 0.2) is 11.6 Å². The highest BCUT2D eigenvalue weighted by molar-refractivity contribution is 5.62. The van der Waals surface area contributed by atoms with Crippen molar-refractivity contribution < 1.29 is 13.5 Å². The fourth-order valence-corrected chi connectivity index (χ4v) is 3.22. The van der Waals surface area contributed by atoms with E-state index in [2.05, 4.69) is 15.2 Å². The maximum absolute atomic E-state index is 13.0. The van der Waals surface area contributed by atoms with Gasteiger partial charge >= 0.3 is 0 Å². The molecule has 5 nitrogen and oxygen atoms in total. The van der Waals surface area contributed by atoms with Crippen LogP contribution in [0.25, 0.3) is 0 Å². The molecule has 3 aliphatic rings. The number of anilines is 2.